The van der Waals surface area contributed by atoms with Crippen LogP contribution in [0, 0.1) is 28.6 Å². The number of halogens is 1. The lowest BCUT2D eigenvalue weighted by Gasteiger charge is -2.57. The molecule has 0 aromatic rings. The monoisotopic (exact) mass is 434 g/mol. The summed E-state index contributed by atoms with van der Waals surface area (Å²) < 4.78 is 5.53. The summed E-state index contributed by atoms with van der Waals surface area (Å²) in [7, 11) is 0. The van der Waals surface area contributed by atoms with Crippen molar-refractivity contribution in [1.82, 2.24) is 0 Å². The van der Waals surface area contributed by atoms with Crippen LogP contribution >= 0.6 is 15.9 Å². The number of fused-ring (bicyclic) bond motifs is 5. The van der Waals surface area contributed by atoms with Crippen molar-refractivity contribution in [2.45, 2.75) is 71.8 Å². The maximum Gasteiger partial charge on any atom is 0.302 e. The molecule has 0 heterocycles. The van der Waals surface area contributed by atoms with E-state index in [1.807, 2.05) is 0 Å². The quantitative estimate of drug-likeness (QED) is 0.340. The maximum absolute atomic E-state index is 12.5. The van der Waals surface area contributed by atoms with Crippen LogP contribution in [0.1, 0.15) is 65.7 Å². The zero-order valence-corrected chi connectivity index (χ0v) is 18.3. The summed E-state index contributed by atoms with van der Waals surface area (Å²) in [5.74, 6) is 2.07. The van der Waals surface area contributed by atoms with Crippen LogP contribution in [0.2, 0.25) is 0 Å². The number of carbonyl (C=O) groups excluding carboxylic acids is 2. The van der Waals surface area contributed by atoms with Gasteiger partial charge >= 0.3 is 5.97 Å². The molecule has 4 rings (SSSR count). The van der Waals surface area contributed by atoms with Crippen molar-refractivity contribution in [3.63, 3.8) is 0 Å². The standard InChI is InChI=1S/C23H31BrO3/c1-14(25)27-16-8-10-22(2)15(12-16)4-5-17-18-6-7-20(21(26)13-24)23(18,3)11-9-19(17)22/h4,7,16-19H,5-6,8-13H2,1-3H3/t16?,17-,18-,19-,22-,23-/m0/s1. The summed E-state index contributed by atoms with van der Waals surface area (Å²) in [6.45, 7) is 6.31. The fourth-order valence-electron chi connectivity index (χ4n) is 7.03. The van der Waals surface area contributed by atoms with E-state index in [0.717, 1.165) is 44.1 Å². The molecule has 0 radical (unpaired) electrons. The first-order valence-corrected chi connectivity index (χ1v) is 11.6. The van der Waals surface area contributed by atoms with Gasteiger partial charge < -0.3 is 4.74 Å². The molecule has 27 heavy (non-hydrogen) atoms. The molecule has 3 nitrogen and oxygen atoms in total. The van der Waals surface area contributed by atoms with Crippen LogP contribution in [0.5, 0.6) is 0 Å². The van der Waals surface area contributed by atoms with E-state index in [0.29, 0.717) is 23.1 Å². The van der Waals surface area contributed by atoms with Gasteiger partial charge in [0, 0.05) is 13.3 Å². The number of ketones is 1. The Balaban J connectivity index is 1.58. The number of ether oxygens (including phenoxy) is 1. The third kappa shape index (κ3) is 2.97. The smallest absolute Gasteiger partial charge is 0.302 e. The van der Waals surface area contributed by atoms with Crippen molar-refractivity contribution < 1.29 is 14.3 Å². The Kier molecular flexibility index (Phi) is 4.93. The summed E-state index contributed by atoms with van der Waals surface area (Å²) in [6.07, 6.45) is 12.3. The van der Waals surface area contributed by atoms with E-state index in [1.54, 1.807) is 0 Å². The third-order valence-corrected chi connectivity index (χ3v) is 8.90. The Morgan fingerprint density at radius 1 is 1.11 bits per heavy atom. The van der Waals surface area contributed by atoms with E-state index in [1.165, 1.54) is 18.9 Å². The molecule has 4 aliphatic carbocycles. The molecule has 4 heteroatoms. The minimum absolute atomic E-state index is 0.0582. The predicted octanol–water partition coefficient (Wildman–Crippen LogP) is 5.38. The molecule has 0 amide bonds. The van der Waals surface area contributed by atoms with Gasteiger partial charge in [-0.3, -0.25) is 9.59 Å². The number of hydrogen-bond acceptors (Lipinski definition) is 3. The largest absolute Gasteiger partial charge is 0.462 e. The lowest BCUT2D eigenvalue weighted by Crippen LogP contribution is -2.50. The molecule has 4 aliphatic rings. The molecule has 0 spiro atoms. The molecule has 0 N–H and O–H groups in total. The molecule has 6 atom stereocenters. The van der Waals surface area contributed by atoms with Gasteiger partial charge in [-0.25, -0.2) is 0 Å². The maximum atomic E-state index is 12.5. The third-order valence-electron chi connectivity index (χ3n) is 8.39. The van der Waals surface area contributed by atoms with Crippen molar-refractivity contribution in [3.05, 3.63) is 23.3 Å². The molecule has 1 unspecified atom stereocenters. The average molecular weight is 435 g/mol. The van der Waals surface area contributed by atoms with E-state index in [2.05, 4.69) is 41.9 Å². The lowest BCUT2D eigenvalue weighted by molar-refractivity contribution is -0.148. The molecule has 0 aromatic carbocycles. The molecule has 0 aliphatic heterocycles. The molecule has 2 saturated carbocycles. The van der Waals surface area contributed by atoms with Gasteiger partial charge in [-0.05, 0) is 72.7 Å². The Morgan fingerprint density at radius 2 is 1.85 bits per heavy atom. The van der Waals surface area contributed by atoms with Crippen LogP contribution in [-0.4, -0.2) is 23.2 Å². The zero-order valence-electron chi connectivity index (χ0n) is 16.7. The number of esters is 1. The Bertz CT molecular complexity index is 723. The first-order chi connectivity index (χ1) is 12.8. The number of Topliss-reactive ketones (excluding diaryl/α,β-unsaturated/α-hetero) is 1. The van der Waals surface area contributed by atoms with Crippen LogP contribution in [-0.2, 0) is 14.3 Å². The number of carbonyl (C=O) groups is 2. The highest BCUT2D eigenvalue weighted by Crippen LogP contribution is 2.65. The van der Waals surface area contributed by atoms with Crippen molar-refractivity contribution in [2.75, 3.05) is 5.33 Å². The highest BCUT2D eigenvalue weighted by Gasteiger charge is 2.57. The summed E-state index contributed by atoms with van der Waals surface area (Å²) >= 11 is 3.38. The minimum atomic E-state index is -0.160. The van der Waals surface area contributed by atoms with Gasteiger partial charge in [-0.15, -0.1) is 0 Å². The van der Waals surface area contributed by atoms with Crippen LogP contribution in [0.4, 0.5) is 0 Å². The van der Waals surface area contributed by atoms with Gasteiger partial charge in [0.25, 0.3) is 0 Å². The van der Waals surface area contributed by atoms with Crippen LogP contribution in [0.15, 0.2) is 23.3 Å². The highest BCUT2D eigenvalue weighted by molar-refractivity contribution is 9.09. The van der Waals surface area contributed by atoms with Gasteiger partial charge in [0.15, 0.2) is 5.78 Å². The number of hydrogen-bond donors (Lipinski definition) is 0. The van der Waals surface area contributed by atoms with Gasteiger partial charge in [-0.2, -0.15) is 0 Å². The molecule has 2 fully saturated rings. The zero-order chi connectivity index (χ0) is 19.4. The Hall–Kier alpha value is -0.900. The Morgan fingerprint density at radius 3 is 2.56 bits per heavy atom. The van der Waals surface area contributed by atoms with Crippen LogP contribution < -0.4 is 0 Å². The van der Waals surface area contributed by atoms with E-state index in [4.69, 9.17) is 4.74 Å². The SMILES string of the molecule is CC(=O)OC1CC[C@@]2(C)C(=CC[C@@H]3[C@@H]2CC[C@]2(C)C(C(=O)CBr)=CC[C@@H]32)C1. The summed E-state index contributed by atoms with van der Waals surface area (Å²) in [4.78, 5) is 23.9. The fourth-order valence-corrected chi connectivity index (χ4v) is 7.34. The molecule has 0 bridgehead atoms. The summed E-state index contributed by atoms with van der Waals surface area (Å²) in [6, 6.07) is 0. The highest BCUT2D eigenvalue weighted by atomic mass is 79.9. The van der Waals surface area contributed by atoms with Crippen LogP contribution in [0.3, 0.4) is 0 Å². The number of allylic oxidation sites excluding steroid dienone is 3. The van der Waals surface area contributed by atoms with Crippen LogP contribution in [0.25, 0.3) is 0 Å². The normalized spacial score (nSPS) is 43.0. The molecular formula is C23H31BrO3. The number of alkyl halides is 1. The Labute approximate surface area is 171 Å². The van der Waals surface area contributed by atoms with E-state index in [-0.39, 0.29) is 28.7 Å². The topological polar surface area (TPSA) is 43.4 Å². The second kappa shape index (κ2) is 6.86. The summed E-state index contributed by atoms with van der Waals surface area (Å²) in [5.41, 5.74) is 2.90. The second-order valence-corrected chi connectivity index (χ2v) is 10.2. The van der Waals surface area contributed by atoms with Crippen molar-refractivity contribution >= 4 is 27.7 Å². The molecule has 148 valence electrons. The van der Waals surface area contributed by atoms with Crippen molar-refractivity contribution in [3.8, 4) is 0 Å². The van der Waals surface area contributed by atoms with Gasteiger partial charge in [0.1, 0.15) is 6.10 Å². The van der Waals surface area contributed by atoms with Crippen molar-refractivity contribution in [2.24, 2.45) is 28.6 Å². The van der Waals surface area contributed by atoms with Crippen molar-refractivity contribution in [1.29, 1.82) is 0 Å². The minimum Gasteiger partial charge on any atom is -0.462 e. The van der Waals surface area contributed by atoms with Gasteiger partial charge in [0.2, 0.25) is 0 Å². The van der Waals surface area contributed by atoms with Gasteiger partial charge in [-0.1, -0.05) is 47.5 Å². The first-order valence-electron chi connectivity index (χ1n) is 10.5. The van der Waals surface area contributed by atoms with Gasteiger partial charge in [0.05, 0.1) is 5.33 Å². The second-order valence-electron chi connectivity index (χ2n) is 9.60. The average Bonchev–Trinajstić information content (AvgIpc) is 2.98. The molecule has 0 saturated heterocycles. The molecule has 0 aromatic heterocycles. The number of rotatable bonds is 3. The lowest BCUT2D eigenvalue weighted by atomic mass is 9.47. The fraction of sp³-hybridized carbons (Fsp3) is 0.739. The first kappa shape index (κ1) is 19.4. The molecular weight excluding hydrogens is 404 g/mol. The van der Waals surface area contributed by atoms with E-state index < -0.39 is 0 Å². The van der Waals surface area contributed by atoms with E-state index in [9.17, 15) is 9.59 Å². The predicted molar refractivity (Wildman–Crippen MR) is 110 cm³/mol. The van der Waals surface area contributed by atoms with E-state index >= 15 is 0 Å². The summed E-state index contributed by atoms with van der Waals surface area (Å²) in [5, 5.41) is 0.439.